The van der Waals surface area contributed by atoms with Crippen molar-refractivity contribution in [3.8, 4) is 17.4 Å². The molecule has 9 nitrogen and oxygen atoms in total. The second kappa shape index (κ2) is 8.88. The molecule has 0 aliphatic heterocycles. The Kier molecular flexibility index (Phi) is 5.83. The van der Waals surface area contributed by atoms with Gasteiger partial charge in [0.1, 0.15) is 6.07 Å². The lowest BCUT2D eigenvalue weighted by Gasteiger charge is -2.17. The molecule has 2 aromatic carbocycles. The first-order valence-electron chi connectivity index (χ1n) is 10.1. The van der Waals surface area contributed by atoms with Crippen molar-refractivity contribution in [2.75, 3.05) is 23.9 Å². The van der Waals surface area contributed by atoms with Gasteiger partial charge in [-0.05, 0) is 42.5 Å². The SMILES string of the molecule is CC(=O)OCC(=O)N(C)c1ccc(-c2cnc(Nc3ccc4c(C#N)cn(C)c4c3)o2)cc1. The van der Waals surface area contributed by atoms with Gasteiger partial charge in [-0.2, -0.15) is 5.26 Å². The molecule has 2 aromatic heterocycles. The number of nitriles is 1. The molecule has 0 saturated carbocycles. The van der Waals surface area contributed by atoms with Crippen molar-refractivity contribution in [3.05, 3.63) is 60.4 Å². The molecule has 0 fully saturated rings. The molecule has 0 aliphatic rings. The highest BCUT2D eigenvalue weighted by molar-refractivity contribution is 5.94. The van der Waals surface area contributed by atoms with Crippen molar-refractivity contribution in [1.82, 2.24) is 9.55 Å². The number of aryl methyl sites for hydroxylation is 1. The number of carbonyl (C=O) groups excluding carboxylic acids is 2. The Morgan fingerprint density at radius 1 is 1.24 bits per heavy atom. The number of oxazole rings is 1. The van der Waals surface area contributed by atoms with Gasteiger partial charge in [0.25, 0.3) is 11.9 Å². The molecule has 0 aliphatic carbocycles. The third kappa shape index (κ3) is 4.55. The van der Waals surface area contributed by atoms with E-state index >= 15 is 0 Å². The molecule has 9 heteroatoms. The van der Waals surface area contributed by atoms with E-state index in [2.05, 4.69) is 16.4 Å². The number of rotatable bonds is 6. The summed E-state index contributed by atoms with van der Waals surface area (Å²) in [6, 6.07) is 15.4. The fourth-order valence-corrected chi connectivity index (χ4v) is 3.39. The number of anilines is 3. The summed E-state index contributed by atoms with van der Waals surface area (Å²) in [6.45, 7) is 0.949. The average molecular weight is 443 g/mol. The fraction of sp³-hybridized carbons (Fsp3) is 0.167. The van der Waals surface area contributed by atoms with Gasteiger partial charge in [0.15, 0.2) is 12.4 Å². The van der Waals surface area contributed by atoms with E-state index in [-0.39, 0.29) is 12.5 Å². The van der Waals surface area contributed by atoms with Crippen molar-refractivity contribution in [3.63, 3.8) is 0 Å². The van der Waals surface area contributed by atoms with Crippen LogP contribution in [0.2, 0.25) is 0 Å². The van der Waals surface area contributed by atoms with E-state index in [9.17, 15) is 14.9 Å². The highest BCUT2D eigenvalue weighted by atomic mass is 16.5. The Morgan fingerprint density at radius 2 is 2.00 bits per heavy atom. The maximum Gasteiger partial charge on any atom is 0.303 e. The number of ether oxygens (including phenoxy) is 1. The van der Waals surface area contributed by atoms with Crippen LogP contribution in [0.15, 0.2) is 59.3 Å². The van der Waals surface area contributed by atoms with E-state index in [1.807, 2.05) is 41.9 Å². The van der Waals surface area contributed by atoms with Gasteiger partial charge in [-0.25, -0.2) is 4.98 Å². The topological polar surface area (TPSA) is 113 Å². The Balaban J connectivity index is 1.47. The summed E-state index contributed by atoms with van der Waals surface area (Å²) in [6.07, 6.45) is 3.41. The minimum absolute atomic E-state index is 0.308. The van der Waals surface area contributed by atoms with Gasteiger partial charge >= 0.3 is 5.97 Å². The van der Waals surface area contributed by atoms with E-state index in [1.54, 1.807) is 31.6 Å². The zero-order chi connectivity index (χ0) is 23.5. The number of hydrogen-bond acceptors (Lipinski definition) is 7. The van der Waals surface area contributed by atoms with E-state index in [0.717, 1.165) is 22.2 Å². The lowest BCUT2D eigenvalue weighted by atomic mass is 10.1. The fourth-order valence-electron chi connectivity index (χ4n) is 3.39. The first-order valence-corrected chi connectivity index (χ1v) is 10.1. The van der Waals surface area contributed by atoms with Gasteiger partial charge in [0.2, 0.25) is 0 Å². The van der Waals surface area contributed by atoms with Gasteiger partial charge in [0.05, 0.1) is 17.3 Å². The summed E-state index contributed by atoms with van der Waals surface area (Å²) in [5, 5.41) is 13.3. The number of benzene rings is 2. The molecule has 1 N–H and O–H groups in total. The Morgan fingerprint density at radius 3 is 2.70 bits per heavy atom. The third-order valence-electron chi connectivity index (χ3n) is 5.18. The summed E-state index contributed by atoms with van der Waals surface area (Å²) in [5.74, 6) is -0.275. The Hall–Kier alpha value is -4.58. The lowest BCUT2D eigenvalue weighted by molar-refractivity contribution is -0.145. The molecule has 0 bridgehead atoms. The first kappa shape index (κ1) is 21.6. The molecule has 0 spiro atoms. The number of fused-ring (bicyclic) bond motifs is 1. The molecule has 0 atom stereocenters. The summed E-state index contributed by atoms with van der Waals surface area (Å²) < 4.78 is 12.5. The largest absolute Gasteiger partial charge is 0.456 e. The van der Waals surface area contributed by atoms with Crippen LogP contribution in [-0.4, -0.2) is 35.1 Å². The second-order valence-electron chi connectivity index (χ2n) is 7.43. The molecule has 1 amide bonds. The van der Waals surface area contributed by atoms with Gasteiger partial charge in [0, 0.05) is 49.5 Å². The molecule has 33 heavy (non-hydrogen) atoms. The van der Waals surface area contributed by atoms with Crippen LogP contribution in [0.4, 0.5) is 17.4 Å². The van der Waals surface area contributed by atoms with Crippen molar-refractivity contribution < 1.29 is 18.7 Å². The smallest absolute Gasteiger partial charge is 0.303 e. The van der Waals surface area contributed by atoms with E-state index in [4.69, 9.17) is 9.15 Å². The minimum atomic E-state index is -0.502. The van der Waals surface area contributed by atoms with Crippen LogP contribution in [0.25, 0.3) is 22.2 Å². The summed E-state index contributed by atoms with van der Waals surface area (Å²) in [5.41, 5.74) is 3.77. The van der Waals surface area contributed by atoms with Crippen LogP contribution in [0.5, 0.6) is 0 Å². The van der Waals surface area contributed by atoms with Crippen molar-refractivity contribution in [2.24, 2.45) is 7.05 Å². The van der Waals surface area contributed by atoms with Crippen LogP contribution in [0, 0.1) is 11.3 Å². The molecule has 2 heterocycles. The summed E-state index contributed by atoms with van der Waals surface area (Å²) in [7, 11) is 3.50. The van der Waals surface area contributed by atoms with Gasteiger partial charge in [-0.3, -0.25) is 9.59 Å². The van der Waals surface area contributed by atoms with Crippen molar-refractivity contribution in [2.45, 2.75) is 6.92 Å². The molecule has 166 valence electrons. The molecule has 0 radical (unpaired) electrons. The quantitative estimate of drug-likeness (QED) is 0.449. The second-order valence-corrected chi connectivity index (χ2v) is 7.43. The molecule has 4 aromatic rings. The molecular formula is C24H21N5O4. The number of amides is 1. The number of hydrogen-bond donors (Lipinski definition) is 1. The highest BCUT2D eigenvalue weighted by Gasteiger charge is 2.14. The monoisotopic (exact) mass is 443 g/mol. The van der Waals surface area contributed by atoms with Crippen LogP contribution < -0.4 is 10.2 Å². The maximum atomic E-state index is 12.1. The van der Waals surface area contributed by atoms with E-state index in [1.165, 1.54) is 11.8 Å². The zero-order valence-electron chi connectivity index (χ0n) is 18.3. The predicted octanol–water partition coefficient (Wildman–Crippen LogP) is 3.97. The van der Waals surface area contributed by atoms with Gasteiger partial charge in [-0.1, -0.05) is 0 Å². The molecular weight excluding hydrogens is 422 g/mol. The number of aromatic nitrogens is 2. The number of likely N-dealkylation sites (N-methyl/N-ethyl adjacent to an activating group) is 1. The maximum absolute atomic E-state index is 12.1. The number of nitrogens with one attached hydrogen (secondary N) is 1. The minimum Gasteiger partial charge on any atom is -0.456 e. The van der Waals surface area contributed by atoms with Crippen LogP contribution >= 0.6 is 0 Å². The average Bonchev–Trinajstić information content (AvgIpc) is 3.41. The van der Waals surface area contributed by atoms with Gasteiger partial charge < -0.3 is 23.9 Å². The number of carbonyl (C=O) groups is 2. The van der Waals surface area contributed by atoms with Gasteiger partial charge in [-0.15, -0.1) is 0 Å². The molecule has 4 rings (SSSR count). The van der Waals surface area contributed by atoms with E-state index in [0.29, 0.717) is 23.0 Å². The normalized spacial score (nSPS) is 10.6. The predicted molar refractivity (Wildman–Crippen MR) is 123 cm³/mol. The third-order valence-corrected chi connectivity index (χ3v) is 5.18. The molecule has 0 saturated heterocycles. The zero-order valence-corrected chi connectivity index (χ0v) is 18.3. The van der Waals surface area contributed by atoms with E-state index < -0.39 is 5.97 Å². The molecule has 0 unspecified atom stereocenters. The van der Waals surface area contributed by atoms with Crippen LogP contribution in [0.1, 0.15) is 12.5 Å². The standard InChI is InChI=1S/C24H21N5O4/c1-15(30)32-14-23(31)29(3)19-7-4-16(5-8-19)22-12-26-24(33-22)27-18-6-9-20-17(11-25)13-28(2)21(20)10-18/h4-10,12-13H,14H2,1-3H3,(H,26,27). The first-order chi connectivity index (χ1) is 15.9. The lowest BCUT2D eigenvalue weighted by Crippen LogP contribution is -2.30. The summed E-state index contributed by atoms with van der Waals surface area (Å²) in [4.78, 5) is 28.7. The van der Waals surface area contributed by atoms with Crippen molar-refractivity contribution >= 4 is 40.2 Å². The van der Waals surface area contributed by atoms with Crippen molar-refractivity contribution in [1.29, 1.82) is 5.26 Å². The number of nitrogens with zero attached hydrogens (tertiary/aromatic N) is 4. The van der Waals surface area contributed by atoms with Crippen LogP contribution in [-0.2, 0) is 21.4 Å². The Bertz CT molecular complexity index is 1380. The summed E-state index contributed by atoms with van der Waals surface area (Å²) >= 11 is 0. The Labute approximate surface area is 189 Å². The highest BCUT2D eigenvalue weighted by Crippen LogP contribution is 2.28. The van der Waals surface area contributed by atoms with Crippen LogP contribution in [0.3, 0.4) is 0 Å². The number of esters is 1.